The first-order valence-corrected chi connectivity index (χ1v) is 5.24. The molecule has 0 unspecified atom stereocenters. The van der Waals surface area contributed by atoms with E-state index in [1.807, 2.05) is 25.1 Å². The number of rotatable bonds is 2. The van der Waals surface area contributed by atoms with Gasteiger partial charge in [0, 0.05) is 5.57 Å². The van der Waals surface area contributed by atoms with Crippen LogP contribution in [-0.2, 0) is 11.2 Å². The van der Waals surface area contributed by atoms with E-state index in [2.05, 4.69) is 0 Å². The van der Waals surface area contributed by atoms with Gasteiger partial charge in [-0.1, -0.05) is 6.07 Å². The lowest BCUT2D eigenvalue weighted by Crippen LogP contribution is -2.10. The molecule has 0 aromatic heterocycles. The molecule has 3 nitrogen and oxygen atoms in total. The third-order valence-electron chi connectivity index (χ3n) is 3.08. The molecular weight excluding hydrogens is 204 g/mol. The molecule has 0 heterocycles. The van der Waals surface area contributed by atoms with Gasteiger partial charge >= 0.3 is 5.97 Å². The van der Waals surface area contributed by atoms with Gasteiger partial charge in [0.1, 0.15) is 5.75 Å². The number of hydrogen-bond acceptors (Lipinski definition) is 2. The molecule has 1 aliphatic rings. The number of carbonyl (C=O) groups is 1. The molecule has 16 heavy (non-hydrogen) atoms. The standard InChI is InChI=1S/C13H14O3/c1-8-11(13(14)15)6-4-9-3-5-10(16-2)7-12(8)9/h3,5,7H,4,6H2,1-2H3,(H,14,15). The Morgan fingerprint density at radius 2 is 2.12 bits per heavy atom. The predicted molar refractivity (Wildman–Crippen MR) is 61.5 cm³/mol. The quantitative estimate of drug-likeness (QED) is 0.829. The van der Waals surface area contributed by atoms with E-state index in [0.29, 0.717) is 12.0 Å². The lowest BCUT2D eigenvalue weighted by Gasteiger charge is -2.19. The topological polar surface area (TPSA) is 46.5 Å². The van der Waals surface area contributed by atoms with Gasteiger partial charge < -0.3 is 9.84 Å². The number of benzene rings is 1. The van der Waals surface area contributed by atoms with Crippen LogP contribution in [0.15, 0.2) is 23.8 Å². The molecule has 0 bridgehead atoms. The third kappa shape index (κ3) is 1.69. The predicted octanol–water partition coefficient (Wildman–Crippen LogP) is 2.50. The molecule has 0 radical (unpaired) electrons. The second-order valence-corrected chi connectivity index (χ2v) is 3.93. The number of aryl methyl sites for hydroxylation is 1. The Hall–Kier alpha value is -1.77. The molecule has 0 spiro atoms. The number of ether oxygens (including phenoxy) is 1. The molecule has 1 aromatic rings. The van der Waals surface area contributed by atoms with E-state index in [9.17, 15) is 4.79 Å². The fourth-order valence-corrected chi connectivity index (χ4v) is 2.13. The lowest BCUT2D eigenvalue weighted by atomic mass is 9.86. The highest BCUT2D eigenvalue weighted by molar-refractivity contribution is 5.97. The Bertz CT molecular complexity index is 472. The van der Waals surface area contributed by atoms with E-state index in [1.54, 1.807) is 7.11 Å². The first kappa shape index (κ1) is 10.7. The molecule has 0 atom stereocenters. The second-order valence-electron chi connectivity index (χ2n) is 3.93. The third-order valence-corrected chi connectivity index (χ3v) is 3.08. The van der Waals surface area contributed by atoms with Crippen LogP contribution in [0.2, 0.25) is 0 Å². The van der Waals surface area contributed by atoms with Gasteiger partial charge in [-0.2, -0.15) is 0 Å². The smallest absolute Gasteiger partial charge is 0.331 e. The SMILES string of the molecule is COc1ccc2c(c1)C(C)=C(C(=O)O)CC2. The molecule has 0 amide bonds. The Morgan fingerprint density at radius 3 is 2.75 bits per heavy atom. The molecule has 1 N–H and O–H groups in total. The van der Waals surface area contributed by atoms with Gasteiger partial charge in [0.05, 0.1) is 7.11 Å². The fraction of sp³-hybridized carbons (Fsp3) is 0.308. The van der Waals surface area contributed by atoms with E-state index in [-0.39, 0.29) is 0 Å². The number of hydrogen-bond donors (Lipinski definition) is 1. The first-order valence-electron chi connectivity index (χ1n) is 5.24. The molecule has 0 fully saturated rings. The van der Waals surface area contributed by atoms with E-state index in [0.717, 1.165) is 23.3 Å². The lowest BCUT2D eigenvalue weighted by molar-refractivity contribution is -0.132. The molecule has 0 saturated heterocycles. The minimum atomic E-state index is -0.814. The Balaban J connectivity index is 2.55. The van der Waals surface area contributed by atoms with Crippen molar-refractivity contribution >= 4 is 11.5 Å². The summed E-state index contributed by atoms with van der Waals surface area (Å²) in [5.74, 6) is -0.0456. The van der Waals surface area contributed by atoms with Crippen molar-refractivity contribution in [1.29, 1.82) is 0 Å². The second kappa shape index (κ2) is 4.00. The number of carboxylic acid groups (broad SMARTS) is 1. The van der Waals surface area contributed by atoms with Crippen LogP contribution < -0.4 is 4.74 Å². The summed E-state index contributed by atoms with van der Waals surface area (Å²) in [5.41, 5.74) is 3.57. The molecule has 1 aliphatic carbocycles. The molecule has 0 saturated carbocycles. The summed E-state index contributed by atoms with van der Waals surface area (Å²) in [7, 11) is 1.61. The average Bonchev–Trinajstić information content (AvgIpc) is 2.28. The Labute approximate surface area is 94.4 Å². The summed E-state index contributed by atoms with van der Waals surface area (Å²) in [5, 5.41) is 9.07. The van der Waals surface area contributed by atoms with Gasteiger partial charge in [-0.05, 0) is 48.6 Å². The van der Waals surface area contributed by atoms with Crippen LogP contribution in [0.25, 0.3) is 5.57 Å². The molecule has 84 valence electrons. The number of fused-ring (bicyclic) bond motifs is 1. The number of aliphatic carboxylic acids is 1. The Kier molecular flexibility index (Phi) is 2.69. The van der Waals surface area contributed by atoms with Crippen molar-refractivity contribution in [1.82, 2.24) is 0 Å². The average molecular weight is 218 g/mol. The molecule has 3 heteroatoms. The summed E-state index contributed by atoms with van der Waals surface area (Å²) in [6, 6.07) is 5.83. The van der Waals surface area contributed by atoms with E-state index < -0.39 is 5.97 Å². The van der Waals surface area contributed by atoms with Crippen LogP contribution in [0.4, 0.5) is 0 Å². The van der Waals surface area contributed by atoms with Crippen molar-refractivity contribution in [3.63, 3.8) is 0 Å². The largest absolute Gasteiger partial charge is 0.497 e. The Morgan fingerprint density at radius 1 is 1.38 bits per heavy atom. The van der Waals surface area contributed by atoms with E-state index in [4.69, 9.17) is 9.84 Å². The van der Waals surface area contributed by atoms with E-state index in [1.165, 1.54) is 5.56 Å². The van der Waals surface area contributed by atoms with E-state index >= 15 is 0 Å². The maximum absolute atomic E-state index is 11.0. The van der Waals surface area contributed by atoms with Crippen molar-refractivity contribution in [2.45, 2.75) is 19.8 Å². The molecular formula is C13H14O3. The zero-order chi connectivity index (χ0) is 11.7. The van der Waals surface area contributed by atoms with Gasteiger partial charge in [0.25, 0.3) is 0 Å². The fourth-order valence-electron chi connectivity index (χ4n) is 2.13. The van der Waals surface area contributed by atoms with Gasteiger partial charge in [0.15, 0.2) is 0 Å². The van der Waals surface area contributed by atoms with Crippen molar-refractivity contribution in [3.8, 4) is 5.75 Å². The summed E-state index contributed by atoms with van der Waals surface area (Å²) in [6.07, 6.45) is 1.40. The first-order chi connectivity index (χ1) is 7.63. The maximum atomic E-state index is 11.0. The molecule has 0 aliphatic heterocycles. The van der Waals surface area contributed by atoms with Crippen molar-refractivity contribution < 1.29 is 14.6 Å². The van der Waals surface area contributed by atoms with Crippen LogP contribution in [-0.4, -0.2) is 18.2 Å². The summed E-state index contributed by atoms with van der Waals surface area (Å²) in [4.78, 5) is 11.0. The molecule has 1 aromatic carbocycles. The van der Waals surface area contributed by atoms with Crippen molar-refractivity contribution in [2.75, 3.05) is 7.11 Å². The van der Waals surface area contributed by atoms with Gasteiger partial charge in [-0.15, -0.1) is 0 Å². The highest BCUT2D eigenvalue weighted by Gasteiger charge is 2.20. The van der Waals surface area contributed by atoms with Crippen molar-refractivity contribution in [3.05, 3.63) is 34.9 Å². The monoisotopic (exact) mass is 218 g/mol. The summed E-state index contributed by atoms with van der Waals surface area (Å²) >= 11 is 0. The van der Waals surface area contributed by atoms with Crippen LogP contribution in [0.5, 0.6) is 5.75 Å². The van der Waals surface area contributed by atoms with Gasteiger partial charge in [-0.25, -0.2) is 4.79 Å². The normalized spacial score (nSPS) is 14.6. The highest BCUT2D eigenvalue weighted by atomic mass is 16.5. The van der Waals surface area contributed by atoms with Crippen LogP contribution in [0, 0.1) is 0 Å². The highest BCUT2D eigenvalue weighted by Crippen LogP contribution is 2.33. The number of methoxy groups -OCH3 is 1. The minimum Gasteiger partial charge on any atom is -0.497 e. The number of carboxylic acids is 1. The summed E-state index contributed by atoms with van der Waals surface area (Å²) in [6.45, 7) is 1.86. The number of allylic oxidation sites excluding steroid dienone is 1. The zero-order valence-electron chi connectivity index (χ0n) is 9.41. The van der Waals surface area contributed by atoms with Crippen molar-refractivity contribution in [2.24, 2.45) is 0 Å². The molecule has 2 rings (SSSR count). The van der Waals surface area contributed by atoms with Crippen LogP contribution in [0.1, 0.15) is 24.5 Å². The van der Waals surface area contributed by atoms with Crippen LogP contribution in [0.3, 0.4) is 0 Å². The zero-order valence-corrected chi connectivity index (χ0v) is 9.41. The minimum absolute atomic E-state index is 0.515. The maximum Gasteiger partial charge on any atom is 0.331 e. The van der Waals surface area contributed by atoms with Crippen LogP contribution >= 0.6 is 0 Å². The van der Waals surface area contributed by atoms with Gasteiger partial charge in [0.2, 0.25) is 0 Å². The summed E-state index contributed by atoms with van der Waals surface area (Å²) < 4.78 is 5.15. The van der Waals surface area contributed by atoms with Gasteiger partial charge in [-0.3, -0.25) is 0 Å².